The number of nitrogens with zero attached hydrogens (tertiary/aromatic N) is 2. The van der Waals surface area contributed by atoms with E-state index < -0.39 is 12.0 Å². The number of aliphatic hydroxyl groups is 1. The van der Waals surface area contributed by atoms with E-state index in [2.05, 4.69) is 10.2 Å². The molecule has 0 bridgehead atoms. The lowest BCUT2D eigenvalue weighted by Crippen LogP contribution is -2.31. The maximum Gasteiger partial charge on any atom is 0.256 e. The van der Waals surface area contributed by atoms with Gasteiger partial charge in [-0.05, 0) is 12.1 Å². The van der Waals surface area contributed by atoms with Gasteiger partial charge in [-0.25, -0.2) is 0 Å². The Bertz CT molecular complexity index is 557. The van der Waals surface area contributed by atoms with Crippen molar-refractivity contribution in [3.8, 4) is 0 Å². The second-order valence-electron chi connectivity index (χ2n) is 4.20. The fourth-order valence-electron chi connectivity index (χ4n) is 1.74. The first-order chi connectivity index (χ1) is 9.09. The first-order valence-corrected chi connectivity index (χ1v) is 6.13. The van der Waals surface area contributed by atoms with Gasteiger partial charge in [0.15, 0.2) is 6.10 Å². The third-order valence-electron chi connectivity index (χ3n) is 2.78. The van der Waals surface area contributed by atoms with Gasteiger partial charge >= 0.3 is 0 Å². The molecule has 0 saturated heterocycles. The van der Waals surface area contributed by atoms with Crippen LogP contribution in [0.15, 0.2) is 36.5 Å². The summed E-state index contributed by atoms with van der Waals surface area (Å²) in [5.41, 5.74) is 1.20. The fraction of sp³-hybridized carbons (Fsp3) is 0.231. The number of rotatable bonds is 4. The molecule has 2 aromatic rings. The van der Waals surface area contributed by atoms with Gasteiger partial charge in [0.05, 0.1) is 12.2 Å². The maximum atomic E-state index is 12.1. The summed E-state index contributed by atoms with van der Waals surface area (Å²) in [7, 11) is 1.61. The van der Waals surface area contributed by atoms with Crippen LogP contribution in [0.25, 0.3) is 0 Å². The molecule has 5 nitrogen and oxygen atoms in total. The molecule has 6 heteroatoms. The number of likely N-dealkylation sites (N-methyl/N-ethyl adjacent to an activating group) is 1. The second-order valence-corrected chi connectivity index (χ2v) is 4.61. The smallest absolute Gasteiger partial charge is 0.256 e. The molecule has 19 heavy (non-hydrogen) atoms. The third kappa shape index (κ3) is 3.13. The summed E-state index contributed by atoms with van der Waals surface area (Å²) in [5.74, 6) is -0.414. The molecule has 0 spiro atoms. The lowest BCUT2D eigenvalue weighted by atomic mass is 10.1. The van der Waals surface area contributed by atoms with Crippen LogP contribution >= 0.6 is 11.6 Å². The Kier molecular flexibility index (Phi) is 4.19. The van der Waals surface area contributed by atoms with Crippen molar-refractivity contribution >= 4 is 17.5 Å². The predicted octanol–water partition coefficient (Wildman–Crippen LogP) is 1.76. The molecule has 0 fully saturated rings. The number of nitrogens with one attached hydrogen (secondary N) is 1. The van der Waals surface area contributed by atoms with Crippen molar-refractivity contribution in [1.29, 1.82) is 0 Å². The molecule has 0 saturated carbocycles. The van der Waals surface area contributed by atoms with Crippen LogP contribution in [0.4, 0.5) is 0 Å². The number of aliphatic hydroxyl groups excluding tert-OH is 1. The number of hydrogen-bond acceptors (Lipinski definition) is 3. The Balaban J connectivity index is 2.09. The summed E-state index contributed by atoms with van der Waals surface area (Å²) in [6, 6.07) is 8.52. The quantitative estimate of drug-likeness (QED) is 0.896. The number of amides is 1. The highest BCUT2D eigenvalue weighted by atomic mass is 35.5. The molecule has 100 valence electrons. The molecular weight excluding hydrogens is 266 g/mol. The van der Waals surface area contributed by atoms with Gasteiger partial charge in [0.1, 0.15) is 0 Å². The Hall–Kier alpha value is -1.85. The van der Waals surface area contributed by atoms with Crippen molar-refractivity contribution in [3.05, 3.63) is 52.8 Å². The van der Waals surface area contributed by atoms with Crippen LogP contribution in [0.5, 0.6) is 0 Å². The topological polar surface area (TPSA) is 69.2 Å². The summed E-state index contributed by atoms with van der Waals surface area (Å²) >= 11 is 5.96. The lowest BCUT2D eigenvalue weighted by Gasteiger charge is -2.20. The van der Waals surface area contributed by atoms with Crippen molar-refractivity contribution in [2.75, 3.05) is 7.05 Å². The van der Waals surface area contributed by atoms with E-state index in [4.69, 9.17) is 11.6 Å². The Labute approximate surface area is 115 Å². The van der Waals surface area contributed by atoms with Crippen LogP contribution in [-0.2, 0) is 11.3 Å². The number of aromatic nitrogens is 2. The first-order valence-electron chi connectivity index (χ1n) is 5.75. The monoisotopic (exact) mass is 279 g/mol. The normalized spacial score (nSPS) is 12.2. The Morgan fingerprint density at radius 3 is 2.84 bits per heavy atom. The average Bonchev–Trinajstić information content (AvgIpc) is 2.90. The van der Waals surface area contributed by atoms with Crippen molar-refractivity contribution in [2.24, 2.45) is 0 Å². The minimum Gasteiger partial charge on any atom is -0.378 e. The molecule has 2 N–H and O–H groups in total. The molecule has 0 radical (unpaired) electrons. The van der Waals surface area contributed by atoms with Gasteiger partial charge in [-0.1, -0.05) is 29.8 Å². The first kappa shape index (κ1) is 13.6. The van der Waals surface area contributed by atoms with Crippen molar-refractivity contribution in [3.63, 3.8) is 0 Å². The van der Waals surface area contributed by atoms with E-state index in [1.54, 1.807) is 43.6 Å². The standard InChI is InChI=1S/C13H14ClN3O2/c1-17(8-9-6-7-15-16-9)13(19)12(18)10-4-2-3-5-11(10)14/h2-7,12,18H,8H2,1H3,(H,15,16)/t12-/m1/s1. The molecule has 0 unspecified atom stereocenters. The predicted molar refractivity (Wildman–Crippen MR) is 71.5 cm³/mol. The van der Waals surface area contributed by atoms with Crippen molar-refractivity contribution in [2.45, 2.75) is 12.6 Å². The number of carbonyl (C=O) groups is 1. The van der Waals surface area contributed by atoms with Gasteiger partial charge in [-0.3, -0.25) is 9.89 Å². The lowest BCUT2D eigenvalue weighted by molar-refractivity contribution is -0.139. The third-order valence-corrected chi connectivity index (χ3v) is 3.12. The number of carbonyl (C=O) groups excluding carboxylic acids is 1. The van der Waals surface area contributed by atoms with Crippen molar-refractivity contribution in [1.82, 2.24) is 15.1 Å². The zero-order valence-electron chi connectivity index (χ0n) is 10.4. The number of aromatic amines is 1. The summed E-state index contributed by atoms with van der Waals surface area (Å²) < 4.78 is 0. The highest BCUT2D eigenvalue weighted by molar-refractivity contribution is 6.31. The van der Waals surface area contributed by atoms with Gasteiger partial charge in [0, 0.05) is 23.8 Å². The van der Waals surface area contributed by atoms with Crippen molar-refractivity contribution < 1.29 is 9.90 Å². The number of hydrogen-bond donors (Lipinski definition) is 2. The number of H-pyrrole nitrogens is 1. The minimum atomic E-state index is -1.26. The summed E-state index contributed by atoms with van der Waals surface area (Å²) in [6.45, 7) is 0.348. The van der Waals surface area contributed by atoms with E-state index in [0.29, 0.717) is 17.1 Å². The van der Waals surface area contributed by atoms with E-state index in [9.17, 15) is 9.90 Å². The molecule has 1 amide bonds. The van der Waals surface area contributed by atoms with Crippen LogP contribution < -0.4 is 0 Å². The molecule has 0 aliphatic rings. The van der Waals surface area contributed by atoms with Gasteiger partial charge < -0.3 is 10.0 Å². The van der Waals surface area contributed by atoms with E-state index >= 15 is 0 Å². The van der Waals surface area contributed by atoms with E-state index in [0.717, 1.165) is 5.69 Å². The highest BCUT2D eigenvalue weighted by Gasteiger charge is 2.23. The largest absolute Gasteiger partial charge is 0.378 e. The zero-order valence-corrected chi connectivity index (χ0v) is 11.1. The average molecular weight is 280 g/mol. The molecule has 0 aliphatic carbocycles. The minimum absolute atomic E-state index is 0.348. The van der Waals surface area contributed by atoms with Gasteiger partial charge in [-0.15, -0.1) is 0 Å². The highest BCUT2D eigenvalue weighted by Crippen LogP contribution is 2.24. The second kappa shape index (κ2) is 5.86. The van der Waals surface area contributed by atoms with Crippen LogP contribution in [0.1, 0.15) is 17.4 Å². The molecule has 1 atom stereocenters. The van der Waals surface area contributed by atoms with Crippen LogP contribution in [-0.4, -0.2) is 33.2 Å². The molecule has 1 heterocycles. The SMILES string of the molecule is CN(Cc1ccn[nH]1)C(=O)[C@H](O)c1ccccc1Cl. The van der Waals surface area contributed by atoms with Crippen LogP contribution in [0.2, 0.25) is 5.02 Å². The fourth-order valence-corrected chi connectivity index (χ4v) is 1.98. The van der Waals surface area contributed by atoms with E-state index in [-0.39, 0.29) is 0 Å². The molecule has 0 aliphatic heterocycles. The zero-order chi connectivity index (χ0) is 13.8. The number of halogens is 1. The van der Waals surface area contributed by atoms with E-state index in [1.807, 2.05) is 0 Å². The summed E-state index contributed by atoms with van der Waals surface area (Å²) in [4.78, 5) is 13.5. The Morgan fingerprint density at radius 1 is 1.47 bits per heavy atom. The van der Waals surface area contributed by atoms with Gasteiger partial charge in [0.25, 0.3) is 5.91 Å². The van der Waals surface area contributed by atoms with Gasteiger partial charge in [0.2, 0.25) is 0 Å². The molecule has 1 aromatic heterocycles. The molecule has 1 aromatic carbocycles. The van der Waals surface area contributed by atoms with E-state index in [1.165, 1.54) is 4.90 Å². The summed E-state index contributed by atoms with van der Waals surface area (Å²) in [5, 5.41) is 17.0. The van der Waals surface area contributed by atoms with Crippen LogP contribution in [0.3, 0.4) is 0 Å². The van der Waals surface area contributed by atoms with Crippen LogP contribution in [0, 0.1) is 0 Å². The molecule has 2 rings (SSSR count). The molecular formula is C13H14ClN3O2. The summed E-state index contributed by atoms with van der Waals surface area (Å²) in [6.07, 6.45) is 0.347. The Morgan fingerprint density at radius 2 is 2.21 bits per heavy atom. The number of benzene rings is 1. The maximum absolute atomic E-state index is 12.1. The van der Waals surface area contributed by atoms with Gasteiger partial charge in [-0.2, -0.15) is 5.10 Å².